The average molecular weight is 292 g/mol. The monoisotopic (exact) mass is 292 g/mol. The van der Waals surface area contributed by atoms with Crippen molar-refractivity contribution in [2.24, 2.45) is 10.8 Å². The van der Waals surface area contributed by atoms with Crippen LogP contribution in [0.5, 0.6) is 0 Å². The molecule has 1 atom stereocenters. The molecule has 0 aromatic carbocycles. The molecule has 1 heterocycles. The van der Waals surface area contributed by atoms with Crippen LogP contribution in [-0.2, 0) is 6.42 Å². The molecule has 0 bridgehead atoms. The van der Waals surface area contributed by atoms with E-state index in [0.717, 1.165) is 12.4 Å². The molecule has 0 amide bonds. The Labute approximate surface area is 124 Å². The first-order chi connectivity index (χ1) is 9.86. The lowest BCUT2D eigenvalue weighted by Crippen LogP contribution is -2.47. The quantitative estimate of drug-likeness (QED) is 0.340. The second-order valence-corrected chi connectivity index (χ2v) is 6.81. The molecule has 0 spiro atoms. The number of aryl methyl sites for hydroxylation is 1. The molecular weight excluding hydrogens is 268 g/mol. The highest BCUT2D eigenvalue weighted by molar-refractivity contribution is 7.10. The van der Waals surface area contributed by atoms with Gasteiger partial charge in [0, 0.05) is 10.9 Å². The molecular formula is C15H24N4S. The van der Waals surface area contributed by atoms with Gasteiger partial charge in [-0.2, -0.15) is 0 Å². The van der Waals surface area contributed by atoms with E-state index in [1.54, 1.807) is 0 Å². The molecule has 1 aromatic rings. The van der Waals surface area contributed by atoms with Crippen molar-refractivity contribution in [2.45, 2.75) is 63.5 Å². The normalized spacial score (nSPS) is 24.2. The fourth-order valence-electron chi connectivity index (χ4n) is 3.31. The van der Waals surface area contributed by atoms with E-state index >= 15 is 0 Å². The van der Waals surface area contributed by atoms with Gasteiger partial charge in [-0.05, 0) is 49.1 Å². The summed E-state index contributed by atoms with van der Waals surface area (Å²) in [6.07, 6.45) is 10.0. The van der Waals surface area contributed by atoms with Gasteiger partial charge < -0.3 is 5.32 Å². The lowest BCUT2D eigenvalue weighted by atomic mass is 9.94. The van der Waals surface area contributed by atoms with Crippen LogP contribution in [0.4, 0.5) is 0 Å². The molecule has 0 saturated heterocycles. The van der Waals surface area contributed by atoms with E-state index in [1.807, 2.05) is 11.3 Å². The highest BCUT2D eigenvalue weighted by Crippen LogP contribution is 2.35. The van der Waals surface area contributed by atoms with E-state index in [9.17, 15) is 0 Å². The zero-order chi connectivity index (χ0) is 13.8. The Kier molecular flexibility index (Phi) is 4.58. The molecule has 0 radical (unpaired) electrons. The smallest absolute Gasteiger partial charge is 0.206 e. The van der Waals surface area contributed by atoms with Crippen LogP contribution in [0.15, 0.2) is 16.4 Å². The number of hydrogen-bond donors (Lipinski definition) is 3. The van der Waals surface area contributed by atoms with Gasteiger partial charge >= 0.3 is 0 Å². The maximum absolute atomic E-state index is 5.66. The number of hydrogen-bond acceptors (Lipinski definition) is 3. The molecule has 2 aliphatic carbocycles. The standard InChI is InChI=1S/C15H24N4S/c16-19-15(17-11-5-2-1-3-6-11)18-13-7-4-8-14-12(13)9-10-20-14/h9-11,13H,1-8,16H2,(H2,17,18,19). The molecule has 20 heavy (non-hydrogen) atoms. The Bertz CT molecular complexity index is 462. The number of aliphatic imine (C=N–C) groups is 1. The minimum atomic E-state index is 0.271. The molecule has 1 fully saturated rings. The number of fused-ring (bicyclic) bond motifs is 1. The Morgan fingerprint density at radius 3 is 2.85 bits per heavy atom. The molecule has 4 nitrogen and oxygen atoms in total. The van der Waals surface area contributed by atoms with Gasteiger partial charge in [-0.15, -0.1) is 11.3 Å². The number of guanidine groups is 1. The van der Waals surface area contributed by atoms with Gasteiger partial charge in [0.2, 0.25) is 5.96 Å². The number of thiophene rings is 1. The van der Waals surface area contributed by atoms with Crippen molar-refractivity contribution in [3.05, 3.63) is 21.9 Å². The zero-order valence-corrected chi connectivity index (χ0v) is 12.7. The van der Waals surface area contributed by atoms with Crippen LogP contribution in [0.2, 0.25) is 0 Å². The highest BCUT2D eigenvalue weighted by atomic mass is 32.1. The van der Waals surface area contributed by atoms with Crippen LogP contribution < -0.4 is 16.6 Å². The first-order valence-electron chi connectivity index (χ1n) is 7.74. The molecule has 1 unspecified atom stereocenters. The third-order valence-electron chi connectivity index (χ3n) is 4.39. The first kappa shape index (κ1) is 13.9. The molecule has 2 aliphatic rings. The van der Waals surface area contributed by atoms with Crippen molar-refractivity contribution in [3.8, 4) is 0 Å². The van der Waals surface area contributed by atoms with Gasteiger partial charge in [0.1, 0.15) is 0 Å². The largest absolute Gasteiger partial charge is 0.353 e. The molecule has 1 aromatic heterocycles. The summed E-state index contributed by atoms with van der Waals surface area (Å²) in [5.41, 5.74) is 4.16. The summed E-state index contributed by atoms with van der Waals surface area (Å²) in [6.45, 7) is 0. The van der Waals surface area contributed by atoms with E-state index in [4.69, 9.17) is 10.8 Å². The zero-order valence-electron chi connectivity index (χ0n) is 11.9. The average Bonchev–Trinajstić information content (AvgIpc) is 2.97. The van der Waals surface area contributed by atoms with Crippen LogP contribution in [-0.4, -0.2) is 12.0 Å². The first-order valence-corrected chi connectivity index (χ1v) is 8.62. The SMILES string of the molecule is NNC(=NC1CCCc2sccc21)NC1CCCCC1. The molecule has 0 aliphatic heterocycles. The van der Waals surface area contributed by atoms with E-state index in [0.29, 0.717) is 6.04 Å². The topological polar surface area (TPSA) is 62.4 Å². The second kappa shape index (κ2) is 6.59. The van der Waals surface area contributed by atoms with Crippen molar-refractivity contribution < 1.29 is 0 Å². The Balaban J connectivity index is 1.69. The predicted molar refractivity (Wildman–Crippen MR) is 84.8 cm³/mol. The number of nitrogens with two attached hydrogens (primary N) is 1. The summed E-state index contributed by atoms with van der Waals surface area (Å²) < 4.78 is 0. The van der Waals surface area contributed by atoms with Crippen molar-refractivity contribution in [1.82, 2.24) is 10.7 Å². The van der Waals surface area contributed by atoms with E-state index in [-0.39, 0.29) is 6.04 Å². The maximum Gasteiger partial charge on any atom is 0.206 e. The van der Waals surface area contributed by atoms with Crippen molar-refractivity contribution in [2.75, 3.05) is 0 Å². The van der Waals surface area contributed by atoms with Crippen LogP contribution in [0.25, 0.3) is 0 Å². The molecule has 1 saturated carbocycles. The molecule has 4 N–H and O–H groups in total. The fourth-order valence-corrected chi connectivity index (χ4v) is 4.29. The summed E-state index contributed by atoms with van der Waals surface area (Å²) in [5.74, 6) is 6.43. The highest BCUT2D eigenvalue weighted by Gasteiger charge is 2.22. The van der Waals surface area contributed by atoms with Crippen LogP contribution in [0.1, 0.15) is 61.4 Å². The Hall–Kier alpha value is -1.07. The lowest BCUT2D eigenvalue weighted by Gasteiger charge is -2.26. The number of nitrogens with zero attached hydrogens (tertiary/aromatic N) is 1. The predicted octanol–water partition coefficient (Wildman–Crippen LogP) is 2.87. The van der Waals surface area contributed by atoms with Crippen LogP contribution in [0, 0.1) is 0 Å². The minimum absolute atomic E-state index is 0.271. The van der Waals surface area contributed by atoms with Gasteiger partial charge in [0.25, 0.3) is 0 Å². The number of rotatable bonds is 2. The summed E-state index contributed by atoms with van der Waals surface area (Å²) in [6, 6.07) is 3.03. The van der Waals surface area contributed by atoms with Gasteiger partial charge in [-0.3, -0.25) is 5.43 Å². The minimum Gasteiger partial charge on any atom is -0.353 e. The van der Waals surface area contributed by atoms with Crippen molar-refractivity contribution >= 4 is 17.3 Å². The Morgan fingerprint density at radius 2 is 2.05 bits per heavy atom. The third kappa shape index (κ3) is 3.15. The summed E-state index contributed by atoms with van der Waals surface area (Å²) in [7, 11) is 0. The van der Waals surface area contributed by atoms with E-state index in [1.165, 1.54) is 55.4 Å². The van der Waals surface area contributed by atoms with Gasteiger partial charge in [0.05, 0.1) is 6.04 Å². The van der Waals surface area contributed by atoms with Gasteiger partial charge in [0.15, 0.2) is 0 Å². The van der Waals surface area contributed by atoms with E-state index in [2.05, 4.69) is 22.2 Å². The Morgan fingerprint density at radius 1 is 1.20 bits per heavy atom. The van der Waals surface area contributed by atoms with Gasteiger partial charge in [-0.25, -0.2) is 10.8 Å². The summed E-state index contributed by atoms with van der Waals surface area (Å²) >= 11 is 1.86. The van der Waals surface area contributed by atoms with E-state index < -0.39 is 0 Å². The summed E-state index contributed by atoms with van der Waals surface area (Å²) in [4.78, 5) is 6.34. The second-order valence-electron chi connectivity index (χ2n) is 5.81. The maximum atomic E-state index is 5.66. The van der Waals surface area contributed by atoms with Crippen LogP contribution >= 0.6 is 11.3 Å². The van der Waals surface area contributed by atoms with Crippen LogP contribution in [0.3, 0.4) is 0 Å². The molecule has 5 heteroatoms. The van der Waals surface area contributed by atoms with Crippen molar-refractivity contribution in [3.63, 3.8) is 0 Å². The third-order valence-corrected chi connectivity index (χ3v) is 5.38. The van der Waals surface area contributed by atoms with Gasteiger partial charge in [-0.1, -0.05) is 19.3 Å². The molecule has 3 rings (SSSR count). The summed E-state index contributed by atoms with van der Waals surface area (Å²) in [5, 5.41) is 5.68. The fraction of sp³-hybridized carbons (Fsp3) is 0.667. The molecule has 110 valence electrons. The number of hydrazine groups is 1. The van der Waals surface area contributed by atoms with Crippen molar-refractivity contribution in [1.29, 1.82) is 0 Å². The lowest BCUT2D eigenvalue weighted by molar-refractivity contribution is 0.409. The number of nitrogens with one attached hydrogen (secondary N) is 2.